The zero-order valence-corrected chi connectivity index (χ0v) is 13.0. The number of nitrogens with zero attached hydrogens (tertiary/aromatic N) is 4. The Balaban J connectivity index is 2.13. The van der Waals surface area contributed by atoms with Crippen molar-refractivity contribution >= 4 is 27.9 Å². The van der Waals surface area contributed by atoms with Crippen LogP contribution < -0.4 is 10.6 Å². The molecule has 0 aliphatic heterocycles. The minimum atomic E-state index is -0.751. The zero-order chi connectivity index (χ0) is 15.4. The summed E-state index contributed by atoms with van der Waals surface area (Å²) in [5.41, 5.74) is 0.781. The molecule has 2 aromatic rings. The number of aromatic nitrogens is 4. The van der Waals surface area contributed by atoms with Gasteiger partial charge in [-0.2, -0.15) is 4.80 Å². The van der Waals surface area contributed by atoms with Crippen molar-refractivity contribution in [2.24, 2.45) is 0 Å². The summed E-state index contributed by atoms with van der Waals surface area (Å²) in [4.78, 5) is 24.1. The van der Waals surface area contributed by atoms with Crippen molar-refractivity contribution in [2.45, 2.75) is 13.0 Å². The molecule has 1 unspecified atom stereocenters. The van der Waals surface area contributed by atoms with E-state index in [2.05, 4.69) is 42.0 Å². The summed E-state index contributed by atoms with van der Waals surface area (Å²) in [6.45, 7) is 1.57. The van der Waals surface area contributed by atoms with Crippen LogP contribution in [0.3, 0.4) is 0 Å². The molecule has 8 nitrogen and oxygen atoms in total. The first-order chi connectivity index (χ1) is 10.0. The Bertz CT molecular complexity index is 654. The molecule has 2 N–H and O–H groups in total. The van der Waals surface area contributed by atoms with E-state index >= 15 is 0 Å². The fraction of sp³-hybridized carbons (Fsp3) is 0.250. The Hall–Kier alpha value is -2.29. The molecule has 1 atom stereocenters. The standard InChI is InChI=1S/C12H13BrN6O2/c1-7(11(20)15-12(21)14-2)19-17-10(16-18-19)8-3-5-9(13)6-4-8/h3-7H,1-2H3,(H2,14,15,20,21). The molecular weight excluding hydrogens is 340 g/mol. The number of tetrazole rings is 1. The maximum atomic E-state index is 11.8. The number of benzene rings is 1. The summed E-state index contributed by atoms with van der Waals surface area (Å²) in [5, 5.41) is 16.4. The summed E-state index contributed by atoms with van der Waals surface area (Å²) in [5.74, 6) is -0.115. The zero-order valence-electron chi connectivity index (χ0n) is 11.4. The Morgan fingerprint density at radius 1 is 1.29 bits per heavy atom. The minimum absolute atomic E-state index is 0.405. The second-order valence-corrected chi connectivity index (χ2v) is 5.10. The van der Waals surface area contributed by atoms with Gasteiger partial charge in [0.25, 0.3) is 5.91 Å². The Labute approximate surface area is 129 Å². The van der Waals surface area contributed by atoms with Gasteiger partial charge in [-0.15, -0.1) is 10.2 Å². The van der Waals surface area contributed by atoms with E-state index in [9.17, 15) is 9.59 Å². The van der Waals surface area contributed by atoms with E-state index in [0.717, 1.165) is 14.8 Å². The van der Waals surface area contributed by atoms with Crippen LogP contribution in [0, 0.1) is 0 Å². The molecule has 1 aromatic carbocycles. The van der Waals surface area contributed by atoms with Crippen LogP contribution in [0.2, 0.25) is 0 Å². The number of imide groups is 1. The molecular formula is C12H13BrN6O2. The monoisotopic (exact) mass is 352 g/mol. The molecule has 2 rings (SSSR count). The van der Waals surface area contributed by atoms with Crippen LogP contribution in [-0.4, -0.2) is 39.2 Å². The lowest BCUT2D eigenvalue weighted by molar-refractivity contribution is -0.123. The van der Waals surface area contributed by atoms with Gasteiger partial charge in [-0.1, -0.05) is 15.9 Å². The number of rotatable bonds is 3. The predicted molar refractivity (Wildman–Crippen MR) is 78.3 cm³/mol. The number of carbonyl (C=O) groups is 2. The number of hydrogen-bond acceptors (Lipinski definition) is 5. The van der Waals surface area contributed by atoms with E-state index in [1.165, 1.54) is 7.05 Å². The highest BCUT2D eigenvalue weighted by Crippen LogP contribution is 2.18. The smallest absolute Gasteiger partial charge is 0.321 e. The van der Waals surface area contributed by atoms with Crippen molar-refractivity contribution in [2.75, 3.05) is 7.05 Å². The van der Waals surface area contributed by atoms with Crippen molar-refractivity contribution in [3.63, 3.8) is 0 Å². The first-order valence-corrected chi connectivity index (χ1v) is 6.88. The van der Waals surface area contributed by atoms with Gasteiger partial charge in [0.15, 0.2) is 0 Å². The Morgan fingerprint density at radius 3 is 2.57 bits per heavy atom. The quantitative estimate of drug-likeness (QED) is 0.861. The number of halogens is 1. The van der Waals surface area contributed by atoms with Crippen molar-refractivity contribution in [1.29, 1.82) is 0 Å². The molecule has 0 spiro atoms. The second-order valence-electron chi connectivity index (χ2n) is 4.18. The van der Waals surface area contributed by atoms with Crippen LogP contribution in [0.15, 0.2) is 28.7 Å². The van der Waals surface area contributed by atoms with Gasteiger partial charge in [-0.05, 0) is 36.4 Å². The first-order valence-electron chi connectivity index (χ1n) is 6.09. The molecule has 0 saturated carbocycles. The summed E-state index contributed by atoms with van der Waals surface area (Å²) in [7, 11) is 1.42. The highest BCUT2D eigenvalue weighted by atomic mass is 79.9. The average Bonchev–Trinajstić information content (AvgIpc) is 2.96. The summed E-state index contributed by atoms with van der Waals surface area (Å²) in [6, 6.07) is 6.05. The number of hydrogen-bond donors (Lipinski definition) is 2. The molecule has 0 aliphatic rings. The molecule has 0 fully saturated rings. The normalized spacial score (nSPS) is 11.8. The van der Waals surface area contributed by atoms with Gasteiger partial charge in [0.1, 0.15) is 6.04 Å². The fourth-order valence-corrected chi connectivity index (χ4v) is 1.75. The van der Waals surface area contributed by atoms with Crippen LogP contribution in [0.1, 0.15) is 13.0 Å². The maximum absolute atomic E-state index is 11.8. The number of urea groups is 1. The molecule has 0 aliphatic carbocycles. The van der Waals surface area contributed by atoms with E-state index in [-0.39, 0.29) is 0 Å². The lowest BCUT2D eigenvalue weighted by Gasteiger charge is -2.09. The van der Waals surface area contributed by atoms with E-state index in [1.54, 1.807) is 6.92 Å². The summed E-state index contributed by atoms with van der Waals surface area (Å²) >= 11 is 3.34. The van der Waals surface area contributed by atoms with Gasteiger partial charge in [-0.3, -0.25) is 10.1 Å². The topological polar surface area (TPSA) is 102 Å². The summed E-state index contributed by atoms with van der Waals surface area (Å²) in [6.07, 6.45) is 0. The lowest BCUT2D eigenvalue weighted by Crippen LogP contribution is -2.41. The van der Waals surface area contributed by atoms with Crippen LogP contribution in [0.25, 0.3) is 11.4 Å². The molecule has 21 heavy (non-hydrogen) atoms. The van der Waals surface area contributed by atoms with E-state index in [0.29, 0.717) is 5.82 Å². The molecule has 0 radical (unpaired) electrons. The van der Waals surface area contributed by atoms with E-state index in [4.69, 9.17) is 0 Å². The van der Waals surface area contributed by atoms with Gasteiger partial charge in [0, 0.05) is 17.1 Å². The van der Waals surface area contributed by atoms with Crippen LogP contribution in [0.5, 0.6) is 0 Å². The van der Waals surface area contributed by atoms with E-state index in [1.807, 2.05) is 24.3 Å². The third-order valence-electron chi connectivity index (χ3n) is 2.72. The number of amides is 3. The number of carbonyl (C=O) groups excluding carboxylic acids is 2. The molecule has 0 saturated heterocycles. The molecule has 0 bridgehead atoms. The Morgan fingerprint density at radius 2 is 1.95 bits per heavy atom. The SMILES string of the molecule is CNC(=O)NC(=O)C(C)n1nnc(-c2ccc(Br)cc2)n1. The van der Waals surface area contributed by atoms with Crippen molar-refractivity contribution < 1.29 is 9.59 Å². The van der Waals surface area contributed by atoms with Crippen molar-refractivity contribution in [3.8, 4) is 11.4 Å². The first kappa shape index (κ1) is 15.1. The average molecular weight is 353 g/mol. The van der Waals surface area contributed by atoms with Gasteiger partial charge in [0.05, 0.1) is 0 Å². The van der Waals surface area contributed by atoms with Crippen LogP contribution >= 0.6 is 15.9 Å². The highest BCUT2D eigenvalue weighted by molar-refractivity contribution is 9.10. The van der Waals surface area contributed by atoms with Gasteiger partial charge in [-0.25, -0.2) is 4.79 Å². The van der Waals surface area contributed by atoms with Gasteiger partial charge < -0.3 is 5.32 Å². The van der Waals surface area contributed by atoms with Crippen LogP contribution in [0.4, 0.5) is 4.79 Å². The highest BCUT2D eigenvalue weighted by Gasteiger charge is 2.20. The van der Waals surface area contributed by atoms with Gasteiger partial charge in [0.2, 0.25) is 5.82 Å². The van der Waals surface area contributed by atoms with E-state index < -0.39 is 18.0 Å². The van der Waals surface area contributed by atoms with Gasteiger partial charge >= 0.3 is 6.03 Å². The van der Waals surface area contributed by atoms with Crippen molar-refractivity contribution in [3.05, 3.63) is 28.7 Å². The maximum Gasteiger partial charge on any atom is 0.321 e. The predicted octanol–water partition coefficient (Wildman–Crippen LogP) is 1.12. The largest absolute Gasteiger partial charge is 0.341 e. The minimum Gasteiger partial charge on any atom is -0.341 e. The fourth-order valence-electron chi connectivity index (χ4n) is 1.49. The molecule has 1 heterocycles. The number of nitrogens with one attached hydrogen (secondary N) is 2. The molecule has 1 aromatic heterocycles. The molecule has 3 amide bonds. The lowest BCUT2D eigenvalue weighted by atomic mass is 10.2. The van der Waals surface area contributed by atoms with Crippen LogP contribution in [-0.2, 0) is 4.79 Å². The summed E-state index contributed by atoms with van der Waals surface area (Å²) < 4.78 is 0.942. The third kappa shape index (κ3) is 3.63. The third-order valence-corrected chi connectivity index (χ3v) is 3.25. The second kappa shape index (κ2) is 6.44. The molecule has 9 heteroatoms. The molecule has 110 valence electrons. The van der Waals surface area contributed by atoms with Crippen molar-refractivity contribution in [1.82, 2.24) is 30.8 Å². The Kier molecular flexibility index (Phi) is 4.63.